The standard InChI is InChI=1S/C23H24ClN3O3/c1-17-14-19(30-25-17)15-26-10-12-27(13-11-26)23(28)20-7-3-5-9-22(20)29-16-18-6-2-4-8-21(18)24/h2-9,14H,10-13,15-16H2,1H3. The molecule has 156 valence electrons. The first-order valence-corrected chi connectivity index (χ1v) is 10.4. The molecule has 2 heterocycles. The molecule has 3 aromatic rings. The molecule has 1 saturated heterocycles. The van der Waals surface area contributed by atoms with Crippen LogP contribution in [0.1, 0.15) is 27.4 Å². The Morgan fingerprint density at radius 2 is 1.83 bits per heavy atom. The van der Waals surface area contributed by atoms with E-state index in [1.807, 2.05) is 66.4 Å². The zero-order valence-corrected chi connectivity index (χ0v) is 17.6. The van der Waals surface area contributed by atoms with Gasteiger partial charge in [-0.2, -0.15) is 0 Å². The molecule has 6 nitrogen and oxygen atoms in total. The number of carbonyl (C=O) groups excluding carboxylic acids is 1. The highest BCUT2D eigenvalue weighted by Crippen LogP contribution is 2.24. The summed E-state index contributed by atoms with van der Waals surface area (Å²) < 4.78 is 11.3. The van der Waals surface area contributed by atoms with Crippen LogP contribution in [0.5, 0.6) is 5.75 Å². The van der Waals surface area contributed by atoms with Gasteiger partial charge in [-0.1, -0.05) is 47.1 Å². The predicted octanol–water partition coefficient (Wildman–Crippen LogP) is 4.17. The molecule has 0 radical (unpaired) electrons. The molecule has 0 aliphatic carbocycles. The van der Waals surface area contributed by atoms with Crippen LogP contribution in [0.25, 0.3) is 0 Å². The zero-order valence-electron chi connectivity index (χ0n) is 16.9. The van der Waals surface area contributed by atoms with Crippen molar-refractivity contribution in [1.82, 2.24) is 15.0 Å². The second kappa shape index (κ2) is 9.32. The average Bonchev–Trinajstić information content (AvgIpc) is 3.18. The number of aryl methyl sites for hydroxylation is 1. The lowest BCUT2D eigenvalue weighted by Gasteiger charge is -2.34. The minimum Gasteiger partial charge on any atom is -0.488 e. The number of nitrogens with zero attached hydrogens (tertiary/aromatic N) is 3. The number of halogens is 1. The lowest BCUT2D eigenvalue weighted by molar-refractivity contribution is 0.0613. The summed E-state index contributed by atoms with van der Waals surface area (Å²) in [5.74, 6) is 1.41. The molecule has 1 fully saturated rings. The summed E-state index contributed by atoms with van der Waals surface area (Å²) in [4.78, 5) is 17.3. The smallest absolute Gasteiger partial charge is 0.257 e. The number of para-hydroxylation sites is 1. The molecule has 0 spiro atoms. The lowest BCUT2D eigenvalue weighted by atomic mass is 10.1. The summed E-state index contributed by atoms with van der Waals surface area (Å²) in [5.41, 5.74) is 2.34. The highest BCUT2D eigenvalue weighted by molar-refractivity contribution is 6.31. The van der Waals surface area contributed by atoms with Crippen molar-refractivity contribution in [2.24, 2.45) is 0 Å². The van der Waals surface area contributed by atoms with E-state index in [0.29, 0.717) is 42.6 Å². The third-order valence-corrected chi connectivity index (χ3v) is 5.54. The molecule has 0 saturated carbocycles. The summed E-state index contributed by atoms with van der Waals surface area (Å²) in [7, 11) is 0. The largest absolute Gasteiger partial charge is 0.488 e. The van der Waals surface area contributed by atoms with Crippen LogP contribution < -0.4 is 4.74 Å². The maximum atomic E-state index is 13.1. The number of hydrogen-bond donors (Lipinski definition) is 0. The monoisotopic (exact) mass is 425 g/mol. The quantitative estimate of drug-likeness (QED) is 0.593. The van der Waals surface area contributed by atoms with Crippen LogP contribution in [-0.2, 0) is 13.2 Å². The van der Waals surface area contributed by atoms with Crippen LogP contribution in [0.15, 0.2) is 59.1 Å². The van der Waals surface area contributed by atoms with Crippen LogP contribution in [-0.4, -0.2) is 47.0 Å². The number of aromatic nitrogens is 1. The third-order valence-electron chi connectivity index (χ3n) is 5.17. The van der Waals surface area contributed by atoms with E-state index in [-0.39, 0.29) is 5.91 Å². The molecule has 0 N–H and O–H groups in total. The van der Waals surface area contributed by atoms with Crippen molar-refractivity contribution in [2.45, 2.75) is 20.1 Å². The Hall–Kier alpha value is -2.83. The van der Waals surface area contributed by atoms with Crippen LogP contribution in [0, 0.1) is 6.92 Å². The molecule has 0 bridgehead atoms. The van der Waals surface area contributed by atoms with Gasteiger partial charge in [0, 0.05) is 42.8 Å². The number of benzene rings is 2. The summed E-state index contributed by atoms with van der Waals surface area (Å²) in [6, 6.07) is 16.9. The van der Waals surface area contributed by atoms with Crippen molar-refractivity contribution < 1.29 is 14.1 Å². The minimum absolute atomic E-state index is 0.0140. The second-order valence-electron chi connectivity index (χ2n) is 7.38. The van der Waals surface area contributed by atoms with E-state index in [0.717, 1.165) is 30.1 Å². The number of rotatable bonds is 6. The molecule has 0 unspecified atom stereocenters. The van der Waals surface area contributed by atoms with Crippen molar-refractivity contribution in [3.8, 4) is 5.75 Å². The van der Waals surface area contributed by atoms with Crippen LogP contribution in [0.4, 0.5) is 0 Å². The van der Waals surface area contributed by atoms with E-state index in [2.05, 4.69) is 10.1 Å². The molecule has 1 aliphatic heterocycles. The fourth-order valence-corrected chi connectivity index (χ4v) is 3.72. The maximum Gasteiger partial charge on any atom is 0.257 e. The van der Waals surface area contributed by atoms with Crippen molar-refractivity contribution in [3.05, 3.63) is 82.2 Å². The van der Waals surface area contributed by atoms with Gasteiger partial charge in [0.15, 0.2) is 5.76 Å². The Kier molecular flexibility index (Phi) is 6.35. The van der Waals surface area contributed by atoms with Gasteiger partial charge in [-0.25, -0.2) is 0 Å². The van der Waals surface area contributed by atoms with Gasteiger partial charge in [-0.15, -0.1) is 0 Å². The van der Waals surface area contributed by atoms with Gasteiger partial charge in [0.1, 0.15) is 12.4 Å². The van der Waals surface area contributed by atoms with E-state index in [1.54, 1.807) is 0 Å². The average molecular weight is 426 g/mol. The molecule has 30 heavy (non-hydrogen) atoms. The number of amides is 1. The van der Waals surface area contributed by atoms with E-state index >= 15 is 0 Å². The highest BCUT2D eigenvalue weighted by Gasteiger charge is 2.25. The zero-order chi connectivity index (χ0) is 20.9. The van der Waals surface area contributed by atoms with Gasteiger partial charge >= 0.3 is 0 Å². The number of ether oxygens (including phenoxy) is 1. The SMILES string of the molecule is Cc1cc(CN2CCN(C(=O)c3ccccc3OCc3ccccc3Cl)CC2)on1. The molecule has 7 heteroatoms. The van der Waals surface area contributed by atoms with Gasteiger partial charge in [-0.05, 0) is 25.1 Å². The predicted molar refractivity (Wildman–Crippen MR) is 115 cm³/mol. The number of carbonyl (C=O) groups is 1. The van der Waals surface area contributed by atoms with E-state index in [1.165, 1.54) is 0 Å². The van der Waals surface area contributed by atoms with Crippen molar-refractivity contribution >= 4 is 17.5 Å². The number of hydrogen-bond acceptors (Lipinski definition) is 5. The molecular weight excluding hydrogens is 402 g/mol. The first kappa shape index (κ1) is 20.4. The fraction of sp³-hybridized carbons (Fsp3) is 0.304. The van der Waals surface area contributed by atoms with E-state index < -0.39 is 0 Å². The Labute approximate surface area is 181 Å². The fourth-order valence-electron chi connectivity index (χ4n) is 3.53. The Balaban J connectivity index is 1.37. The summed E-state index contributed by atoms with van der Waals surface area (Å²) in [6.07, 6.45) is 0. The summed E-state index contributed by atoms with van der Waals surface area (Å²) in [6.45, 7) is 5.82. The third kappa shape index (κ3) is 4.83. The first-order chi connectivity index (χ1) is 14.6. The van der Waals surface area contributed by atoms with Crippen molar-refractivity contribution in [1.29, 1.82) is 0 Å². The maximum absolute atomic E-state index is 13.1. The van der Waals surface area contributed by atoms with Crippen LogP contribution in [0.2, 0.25) is 5.02 Å². The topological polar surface area (TPSA) is 58.8 Å². The summed E-state index contributed by atoms with van der Waals surface area (Å²) >= 11 is 6.22. The van der Waals surface area contributed by atoms with E-state index in [9.17, 15) is 4.79 Å². The van der Waals surface area contributed by atoms with E-state index in [4.69, 9.17) is 20.9 Å². The number of piperazine rings is 1. The molecule has 1 amide bonds. The van der Waals surface area contributed by atoms with Crippen molar-refractivity contribution in [2.75, 3.05) is 26.2 Å². The Bertz CT molecular complexity index is 1010. The van der Waals surface area contributed by atoms with Gasteiger partial charge in [0.2, 0.25) is 0 Å². The molecule has 2 aromatic carbocycles. The van der Waals surface area contributed by atoms with Crippen LogP contribution >= 0.6 is 11.6 Å². The minimum atomic E-state index is -0.0140. The van der Waals surface area contributed by atoms with Gasteiger partial charge < -0.3 is 14.2 Å². The summed E-state index contributed by atoms with van der Waals surface area (Å²) in [5, 5.41) is 4.58. The Morgan fingerprint density at radius 3 is 2.57 bits per heavy atom. The van der Waals surface area contributed by atoms with Gasteiger partial charge in [-0.3, -0.25) is 9.69 Å². The molecule has 1 aromatic heterocycles. The lowest BCUT2D eigenvalue weighted by Crippen LogP contribution is -2.48. The first-order valence-electron chi connectivity index (χ1n) is 9.99. The van der Waals surface area contributed by atoms with Crippen LogP contribution in [0.3, 0.4) is 0 Å². The van der Waals surface area contributed by atoms with Gasteiger partial charge in [0.05, 0.1) is 17.8 Å². The van der Waals surface area contributed by atoms with Gasteiger partial charge in [0.25, 0.3) is 5.91 Å². The molecule has 0 atom stereocenters. The Morgan fingerprint density at radius 1 is 1.10 bits per heavy atom. The highest BCUT2D eigenvalue weighted by atomic mass is 35.5. The molecule has 4 rings (SSSR count). The molecule has 1 aliphatic rings. The second-order valence-corrected chi connectivity index (χ2v) is 7.79. The normalized spacial score (nSPS) is 14.7. The van der Waals surface area contributed by atoms with Crippen molar-refractivity contribution in [3.63, 3.8) is 0 Å². The molecular formula is C23H24ClN3O3.